The van der Waals surface area contributed by atoms with E-state index in [1.165, 1.54) is 33.6 Å². The first-order chi connectivity index (χ1) is 12.6. The molecule has 1 unspecified atom stereocenters. The molecule has 0 aliphatic heterocycles. The third kappa shape index (κ3) is 3.25. The largest absolute Gasteiger partial charge is 0.439 e. The molecular formula is C18H20N3O2S2Si-. The van der Waals surface area contributed by atoms with Gasteiger partial charge in [-0.25, -0.2) is 4.79 Å². The molecule has 0 saturated carbocycles. The Morgan fingerprint density at radius 1 is 1.31 bits per heavy atom. The lowest BCUT2D eigenvalue weighted by Gasteiger charge is -2.25. The van der Waals surface area contributed by atoms with Gasteiger partial charge in [0.2, 0.25) is 0 Å². The highest BCUT2D eigenvalue weighted by molar-refractivity contribution is 7.78. The Morgan fingerprint density at radius 2 is 2.08 bits per heavy atom. The van der Waals surface area contributed by atoms with Crippen molar-refractivity contribution in [3.63, 3.8) is 0 Å². The molecule has 1 aromatic carbocycles. The second kappa shape index (κ2) is 7.25. The minimum atomic E-state index is -1.71. The maximum Gasteiger partial charge on any atom is 0.322 e. The van der Waals surface area contributed by atoms with Gasteiger partial charge in [-0.15, -0.1) is 21.9 Å². The Morgan fingerprint density at radius 3 is 2.81 bits per heavy atom. The van der Waals surface area contributed by atoms with Crippen LogP contribution in [0.25, 0.3) is 0 Å². The SMILES string of the molecule is C[Si]C(C)c1ncc([S-](=O)=NC(=O)Nc2c3c(cc4c2CC4)CCC3)s1. The van der Waals surface area contributed by atoms with Crippen molar-refractivity contribution < 1.29 is 9.00 Å². The van der Waals surface area contributed by atoms with Gasteiger partial charge in [-0.2, -0.15) is 0 Å². The van der Waals surface area contributed by atoms with Crippen LogP contribution in [0.2, 0.25) is 6.55 Å². The molecule has 5 nitrogen and oxygen atoms in total. The summed E-state index contributed by atoms with van der Waals surface area (Å²) in [5, 5.41) is 3.88. The average Bonchev–Trinajstić information content (AvgIpc) is 3.26. The number of carbonyl (C=O) groups is 1. The van der Waals surface area contributed by atoms with Crippen molar-refractivity contribution in [3.05, 3.63) is 39.5 Å². The molecule has 1 aromatic heterocycles. The topological polar surface area (TPSA) is 71.4 Å². The molecule has 1 atom stereocenters. The summed E-state index contributed by atoms with van der Waals surface area (Å²) in [7, 11) is -0.966. The van der Waals surface area contributed by atoms with Crippen LogP contribution in [0.5, 0.6) is 0 Å². The summed E-state index contributed by atoms with van der Waals surface area (Å²) in [5.74, 6) is 0. The number of rotatable bonds is 4. The number of fused-ring (bicyclic) bond motifs is 2. The number of benzene rings is 1. The number of aryl methyl sites for hydroxylation is 2. The summed E-state index contributed by atoms with van der Waals surface area (Å²) in [4.78, 5) is 16.7. The van der Waals surface area contributed by atoms with Gasteiger partial charge < -0.3 is 13.9 Å². The Hall–Kier alpha value is -1.51. The molecule has 0 fully saturated rings. The lowest BCUT2D eigenvalue weighted by molar-refractivity contribution is 0.260. The van der Waals surface area contributed by atoms with Crippen LogP contribution >= 0.6 is 11.3 Å². The van der Waals surface area contributed by atoms with Crippen molar-refractivity contribution in [1.82, 2.24) is 4.98 Å². The molecule has 2 radical (unpaired) electrons. The fourth-order valence-electron chi connectivity index (χ4n) is 3.52. The minimum absolute atomic E-state index is 0.352. The number of amides is 2. The number of carbonyl (C=O) groups excluding carboxylic acids is 1. The normalized spacial score (nSPS) is 17.3. The quantitative estimate of drug-likeness (QED) is 0.613. The van der Waals surface area contributed by atoms with Gasteiger partial charge in [-0.1, -0.05) is 19.5 Å². The number of aromatic nitrogens is 1. The molecule has 136 valence electrons. The van der Waals surface area contributed by atoms with E-state index >= 15 is 0 Å². The number of hydrogen-bond acceptors (Lipinski definition) is 5. The second-order valence-electron chi connectivity index (χ2n) is 6.68. The van der Waals surface area contributed by atoms with Gasteiger partial charge in [0.15, 0.2) is 0 Å². The van der Waals surface area contributed by atoms with Crippen molar-refractivity contribution in [2.24, 2.45) is 4.36 Å². The van der Waals surface area contributed by atoms with Crippen LogP contribution < -0.4 is 5.32 Å². The minimum Gasteiger partial charge on any atom is -0.439 e. The zero-order valence-electron chi connectivity index (χ0n) is 14.8. The maximum absolute atomic E-state index is 12.4. The molecule has 4 rings (SSSR count). The Bertz CT molecular complexity index is 964. The summed E-state index contributed by atoms with van der Waals surface area (Å²) >= 11 is 1.38. The van der Waals surface area contributed by atoms with Crippen molar-refractivity contribution in [2.75, 3.05) is 5.32 Å². The van der Waals surface area contributed by atoms with Crippen molar-refractivity contribution >= 4 is 43.2 Å². The van der Waals surface area contributed by atoms with E-state index in [0.29, 0.717) is 9.75 Å². The first-order valence-electron chi connectivity index (χ1n) is 8.81. The standard InChI is InChI=1S/C18H20N3O2S2Si/c1-10(26-2)17-19-9-15(24-17)25(23)21-18(22)20-16-13-5-3-4-11(13)8-12-6-7-14(12)16/h8-10H,3-7H2,1-2H3,(H,20,22)/q-1. The summed E-state index contributed by atoms with van der Waals surface area (Å²) in [6, 6.07) is 1.76. The smallest absolute Gasteiger partial charge is 0.322 e. The zero-order chi connectivity index (χ0) is 18.3. The van der Waals surface area contributed by atoms with Gasteiger partial charge in [0.1, 0.15) is 0 Å². The molecular weight excluding hydrogens is 382 g/mol. The molecule has 2 amide bonds. The molecule has 1 N–H and O–H groups in total. The fourth-order valence-corrected chi connectivity index (χ4v) is 6.05. The molecule has 2 aliphatic rings. The highest BCUT2D eigenvalue weighted by Gasteiger charge is 2.26. The summed E-state index contributed by atoms with van der Waals surface area (Å²) < 4.78 is 16.8. The van der Waals surface area contributed by atoms with Crippen LogP contribution in [0.15, 0.2) is 20.8 Å². The number of anilines is 1. The van der Waals surface area contributed by atoms with Crippen molar-refractivity contribution in [1.29, 1.82) is 0 Å². The van der Waals surface area contributed by atoms with Crippen LogP contribution in [-0.2, 0) is 40.5 Å². The fraction of sp³-hybridized carbons (Fsp3) is 0.444. The summed E-state index contributed by atoms with van der Waals surface area (Å²) in [5.41, 5.74) is 6.45. The number of thiazole rings is 1. The number of nitrogens with zero attached hydrogens (tertiary/aromatic N) is 2. The van der Waals surface area contributed by atoms with E-state index in [2.05, 4.69) is 34.2 Å². The zero-order valence-corrected chi connectivity index (χ0v) is 17.4. The predicted octanol–water partition coefficient (Wildman–Crippen LogP) is 4.28. The average molecular weight is 403 g/mol. The van der Waals surface area contributed by atoms with E-state index < -0.39 is 16.6 Å². The lowest BCUT2D eigenvalue weighted by atomic mass is 9.83. The van der Waals surface area contributed by atoms with E-state index in [1.807, 2.05) is 0 Å². The highest BCUT2D eigenvalue weighted by atomic mass is 32.2. The molecule has 0 saturated heterocycles. The van der Waals surface area contributed by atoms with Gasteiger partial charge in [0, 0.05) is 21.4 Å². The van der Waals surface area contributed by atoms with Crippen molar-refractivity contribution in [3.8, 4) is 0 Å². The predicted molar refractivity (Wildman–Crippen MR) is 106 cm³/mol. The van der Waals surface area contributed by atoms with Crippen molar-refractivity contribution in [2.45, 2.75) is 55.3 Å². The number of hydrogen-bond donors (Lipinski definition) is 1. The van der Waals surface area contributed by atoms with E-state index in [0.717, 1.165) is 52.3 Å². The van der Waals surface area contributed by atoms with E-state index in [-0.39, 0.29) is 0 Å². The molecule has 2 aliphatic carbocycles. The van der Waals surface area contributed by atoms with Gasteiger partial charge in [0.25, 0.3) is 0 Å². The molecule has 26 heavy (non-hydrogen) atoms. The monoisotopic (exact) mass is 402 g/mol. The molecule has 0 spiro atoms. The number of nitrogens with one attached hydrogen (secondary N) is 1. The maximum atomic E-state index is 12.4. The Labute approximate surface area is 161 Å². The molecule has 0 bridgehead atoms. The van der Waals surface area contributed by atoms with E-state index in [9.17, 15) is 9.00 Å². The molecule has 1 heterocycles. The molecule has 8 heteroatoms. The van der Waals surface area contributed by atoms with Gasteiger partial charge >= 0.3 is 6.03 Å². The summed E-state index contributed by atoms with van der Waals surface area (Å²) in [6.45, 7) is 4.22. The van der Waals surface area contributed by atoms with Crippen LogP contribution in [-0.4, -0.2) is 20.5 Å². The summed E-state index contributed by atoms with van der Waals surface area (Å²) in [6.07, 6.45) is 6.86. The Kier molecular flexibility index (Phi) is 4.98. The van der Waals surface area contributed by atoms with Gasteiger partial charge in [-0.3, -0.25) is 4.98 Å². The highest BCUT2D eigenvalue weighted by Crippen LogP contribution is 2.39. The first-order valence-corrected chi connectivity index (χ1v) is 12.3. The first kappa shape index (κ1) is 17.9. The van der Waals surface area contributed by atoms with Crippen LogP contribution in [0.4, 0.5) is 10.5 Å². The van der Waals surface area contributed by atoms with Crippen LogP contribution in [0.3, 0.4) is 0 Å². The third-order valence-electron chi connectivity index (χ3n) is 5.12. The molecule has 2 aromatic rings. The van der Waals surface area contributed by atoms with Crippen LogP contribution in [0.1, 0.15) is 46.1 Å². The Balaban J connectivity index is 1.55. The third-order valence-corrected chi connectivity index (χ3v) is 8.90. The van der Waals surface area contributed by atoms with E-state index in [1.54, 1.807) is 6.20 Å². The van der Waals surface area contributed by atoms with Gasteiger partial charge in [0.05, 0.1) is 5.01 Å². The van der Waals surface area contributed by atoms with E-state index in [4.69, 9.17) is 0 Å². The second-order valence-corrected chi connectivity index (χ2v) is 10.6. The lowest BCUT2D eigenvalue weighted by Crippen LogP contribution is -2.18. The van der Waals surface area contributed by atoms with Crippen LogP contribution in [0, 0.1) is 0 Å². The number of urea groups is 1. The van der Waals surface area contributed by atoms with Gasteiger partial charge in [-0.05, 0) is 64.1 Å².